The predicted molar refractivity (Wildman–Crippen MR) is 137 cm³/mol. The summed E-state index contributed by atoms with van der Waals surface area (Å²) >= 11 is 0. The average molecular weight is 473 g/mol. The molecule has 35 heavy (non-hydrogen) atoms. The molecule has 3 aromatic rings. The maximum Gasteiger partial charge on any atom is 0.220 e. The van der Waals surface area contributed by atoms with E-state index >= 15 is 0 Å². The first-order chi connectivity index (χ1) is 17.2. The predicted octanol–water partition coefficient (Wildman–Crippen LogP) is 4.80. The van der Waals surface area contributed by atoms with Crippen molar-refractivity contribution >= 4 is 16.9 Å². The number of aryl methyl sites for hydroxylation is 1. The molecule has 1 unspecified atom stereocenters. The molecule has 2 aliphatic heterocycles. The van der Waals surface area contributed by atoms with Crippen LogP contribution in [0.5, 0.6) is 0 Å². The van der Waals surface area contributed by atoms with E-state index in [-0.39, 0.29) is 11.9 Å². The van der Waals surface area contributed by atoms with Gasteiger partial charge in [-0.05, 0) is 62.6 Å². The number of hydrogen-bond donors (Lipinski definition) is 1. The van der Waals surface area contributed by atoms with Crippen LogP contribution in [-0.2, 0) is 9.53 Å². The van der Waals surface area contributed by atoms with E-state index in [0.29, 0.717) is 30.5 Å². The van der Waals surface area contributed by atoms with Gasteiger partial charge in [-0.25, -0.2) is 4.98 Å². The van der Waals surface area contributed by atoms with Gasteiger partial charge in [0.1, 0.15) is 5.82 Å². The maximum absolute atomic E-state index is 12.7. The summed E-state index contributed by atoms with van der Waals surface area (Å²) in [5.41, 5.74) is 3.53. The number of morpholine rings is 1. The SMILES string of the molecule is Cc1nc2ccccc2n1C1C[C@H]2COC[C@@H](C1)N2CC[C@H](NC(=O)CC1CC1)c1ccccc1. The number of fused-ring (bicyclic) bond motifs is 3. The van der Waals surface area contributed by atoms with Crippen molar-refractivity contribution in [1.29, 1.82) is 0 Å². The summed E-state index contributed by atoms with van der Waals surface area (Å²) in [4.78, 5) is 20.2. The molecule has 2 aromatic carbocycles. The van der Waals surface area contributed by atoms with Gasteiger partial charge in [0, 0.05) is 31.1 Å². The summed E-state index contributed by atoms with van der Waals surface area (Å²) in [6.45, 7) is 4.66. The molecule has 1 saturated carbocycles. The highest BCUT2D eigenvalue weighted by atomic mass is 16.5. The fraction of sp³-hybridized carbons (Fsp3) is 0.517. The number of carbonyl (C=O) groups excluding carboxylic acids is 1. The lowest BCUT2D eigenvalue weighted by atomic mass is 9.89. The third-order valence-corrected chi connectivity index (χ3v) is 8.17. The maximum atomic E-state index is 12.7. The first kappa shape index (κ1) is 22.7. The third kappa shape index (κ3) is 4.87. The average Bonchev–Trinajstić information content (AvgIpc) is 3.60. The molecule has 4 atom stereocenters. The van der Waals surface area contributed by atoms with Crippen molar-refractivity contribution in [3.8, 4) is 0 Å². The van der Waals surface area contributed by atoms with Crippen LogP contribution < -0.4 is 5.32 Å². The molecule has 3 aliphatic rings. The number of hydrogen-bond acceptors (Lipinski definition) is 4. The van der Waals surface area contributed by atoms with Gasteiger partial charge in [0.25, 0.3) is 0 Å². The van der Waals surface area contributed by atoms with Crippen LogP contribution in [0.4, 0.5) is 0 Å². The summed E-state index contributed by atoms with van der Waals surface area (Å²) in [6, 6.07) is 20.2. The second kappa shape index (κ2) is 9.75. The highest BCUT2D eigenvalue weighted by Crippen LogP contribution is 2.38. The van der Waals surface area contributed by atoms with Crippen LogP contribution in [0.2, 0.25) is 0 Å². The van der Waals surface area contributed by atoms with Crippen molar-refractivity contribution in [3.05, 3.63) is 66.0 Å². The van der Waals surface area contributed by atoms with Crippen LogP contribution in [-0.4, -0.2) is 52.2 Å². The van der Waals surface area contributed by atoms with Crippen molar-refractivity contribution < 1.29 is 9.53 Å². The summed E-state index contributed by atoms with van der Waals surface area (Å²) < 4.78 is 8.48. The van der Waals surface area contributed by atoms with Gasteiger partial charge in [-0.2, -0.15) is 0 Å². The van der Waals surface area contributed by atoms with Gasteiger partial charge in [-0.1, -0.05) is 42.5 Å². The van der Waals surface area contributed by atoms with Gasteiger partial charge in [0.15, 0.2) is 0 Å². The molecule has 1 amide bonds. The molecular weight excluding hydrogens is 436 g/mol. The van der Waals surface area contributed by atoms with E-state index in [1.807, 2.05) is 6.07 Å². The van der Waals surface area contributed by atoms with Crippen molar-refractivity contribution in [2.24, 2.45) is 5.92 Å². The van der Waals surface area contributed by atoms with Crippen LogP contribution in [0.25, 0.3) is 11.0 Å². The second-order valence-corrected chi connectivity index (χ2v) is 10.7. The van der Waals surface area contributed by atoms with E-state index in [1.165, 1.54) is 23.9 Å². The van der Waals surface area contributed by atoms with Gasteiger partial charge in [-0.3, -0.25) is 9.69 Å². The van der Waals surface area contributed by atoms with E-state index in [0.717, 1.165) is 50.4 Å². The molecule has 0 radical (unpaired) electrons. The molecule has 1 aromatic heterocycles. The number of carbonyl (C=O) groups is 1. The summed E-state index contributed by atoms with van der Waals surface area (Å²) in [6.07, 6.45) is 6.14. The standard InChI is InChI=1S/C29H36N4O2/c1-20-30-27-9-5-6-10-28(27)33(20)23-16-24-18-35-19-25(17-23)32(24)14-13-26(22-7-3-2-4-8-22)31-29(34)15-21-11-12-21/h2-10,21,23-26H,11-19H2,1H3,(H,31,34)/t23?,24-,25+,26-/m0/s1. The molecular formula is C29H36N4O2. The number of nitrogens with one attached hydrogen (secondary N) is 1. The first-order valence-corrected chi connectivity index (χ1v) is 13.3. The van der Waals surface area contributed by atoms with Crippen LogP contribution in [0.1, 0.15) is 62.0 Å². The molecule has 3 heterocycles. The van der Waals surface area contributed by atoms with Crippen LogP contribution in [0.15, 0.2) is 54.6 Å². The number of ether oxygens (including phenoxy) is 1. The molecule has 2 bridgehead atoms. The Kier molecular flexibility index (Phi) is 6.33. The Morgan fingerprint density at radius 3 is 2.49 bits per heavy atom. The summed E-state index contributed by atoms with van der Waals surface area (Å²) in [7, 11) is 0. The minimum absolute atomic E-state index is 0.0571. The van der Waals surface area contributed by atoms with E-state index in [4.69, 9.17) is 9.72 Å². The van der Waals surface area contributed by atoms with E-state index < -0.39 is 0 Å². The Balaban J connectivity index is 1.16. The van der Waals surface area contributed by atoms with Gasteiger partial charge in [0.2, 0.25) is 5.91 Å². The molecule has 6 nitrogen and oxygen atoms in total. The zero-order chi connectivity index (χ0) is 23.8. The molecule has 1 aliphatic carbocycles. The van der Waals surface area contributed by atoms with Gasteiger partial charge >= 0.3 is 0 Å². The molecule has 1 N–H and O–H groups in total. The number of rotatable bonds is 8. The first-order valence-electron chi connectivity index (χ1n) is 13.3. The monoisotopic (exact) mass is 472 g/mol. The lowest BCUT2D eigenvalue weighted by Gasteiger charge is -2.49. The van der Waals surface area contributed by atoms with Gasteiger partial charge < -0.3 is 14.6 Å². The summed E-state index contributed by atoms with van der Waals surface area (Å²) in [5.74, 6) is 1.90. The van der Waals surface area contributed by atoms with Gasteiger partial charge in [0.05, 0.1) is 30.3 Å². The molecule has 3 fully saturated rings. The van der Waals surface area contributed by atoms with Crippen LogP contribution in [0, 0.1) is 12.8 Å². The zero-order valence-corrected chi connectivity index (χ0v) is 20.6. The number of piperidine rings is 1. The third-order valence-electron chi connectivity index (χ3n) is 8.17. The zero-order valence-electron chi connectivity index (χ0n) is 20.6. The molecule has 6 rings (SSSR count). The van der Waals surface area contributed by atoms with Crippen molar-refractivity contribution in [1.82, 2.24) is 19.8 Å². The van der Waals surface area contributed by atoms with E-state index in [9.17, 15) is 4.79 Å². The molecule has 0 spiro atoms. The minimum Gasteiger partial charge on any atom is -0.378 e. The fourth-order valence-electron chi connectivity index (χ4n) is 6.29. The van der Waals surface area contributed by atoms with Crippen molar-refractivity contribution in [2.45, 2.75) is 69.6 Å². The minimum atomic E-state index is 0.0571. The number of amides is 1. The smallest absolute Gasteiger partial charge is 0.220 e. The quantitative estimate of drug-likeness (QED) is 0.512. The highest BCUT2D eigenvalue weighted by Gasteiger charge is 2.40. The fourth-order valence-corrected chi connectivity index (χ4v) is 6.29. The van der Waals surface area contributed by atoms with Gasteiger partial charge in [-0.15, -0.1) is 0 Å². The molecule has 184 valence electrons. The number of para-hydroxylation sites is 2. The second-order valence-electron chi connectivity index (χ2n) is 10.7. The van der Waals surface area contributed by atoms with Crippen molar-refractivity contribution in [2.75, 3.05) is 19.8 Å². The Bertz CT molecular complexity index is 1160. The number of imidazole rings is 1. The Hall–Kier alpha value is -2.70. The van der Waals surface area contributed by atoms with Crippen LogP contribution >= 0.6 is 0 Å². The Labute approximate surface area is 207 Å². The number of aromatic nitrogens is 2. The number of benzene rings is 2. The Morgan fingerprint density at radius 2 is 1.74 bits per heavy atom. The normalized spacial score (nSPS) is 25.5. The lowest BCUT2D eigenvalue weighted by molar-refractivity contribution is -0.122. The van der Waals surface area contributed by atoms with Crippen LogP contribution in [0.3, 0.4) is 0 Å². The summed E-state index contributed by atoms with van der Waals surface area (Å²) in [5, 5.41) is 3.36. The Morgan fingerprint density at radius 1 is 1.03 bits per heavy atom. The topological polar surface area (TPSA) is 59.4 Å². The number of nitrogens with zero attached hydrogens (tertiary/aromatic N) is 3. The molecule has 6 heteroatoms. The van der Waals surface area contributed by atoms with E-state index in [1.54, 1.807) is 0 Å². The largest absolute Gasteiger partial charge is 0.378 e. The van der Waals surface area contributed by atoms with E-state index in [2.05, 4.69) is 70.2 Å². The molecule has 2 saturated heterocycles. The van der Waals surface area contributed by atoms with Crippen molar-refractivity contribution in [3.63, 3.8) is 0 Å². The highest BCUT2D eigenvalue weighted by molar-refractivity contribution is 5.77. The lowest BCUT2D eigenvalue weighted by Crippen LogP contribution is -2.57.